The lowest BCUT2D eigenvalue weighted by Crippen LogP contribution is -1.99. The van der Waals surface area contributed by atoms with Crippen molar-refractivity contribution in [2.24, 2.45) is 0 Å². The summed E-state index contributed by atoms with van der Waals surface area (Å²) in [6, 6.07) is 15.5. The first kappa shape index (κ1) is 16.9. The summed E-state index contributed by atoms with van der Waals surface area (Å²) in [5.41, 5.74) is 3.14. The molecule has 4 heteroatoms. The highest BCUT2D eigenvalue weighted by Gasteiger charge is 2.01. The minimum Gasteiger partial charge on any atom is -0.508 e. The van der Waals surface area contributed by atoms with Crippen molar-refractivity contribution in [2.75, 3.05) is 5.32 Å². The number of para-hydroxylation sites is 1. The molecule has 0 aliphatic heterocycles. The zero-order chi connectivity index (χ0) is 16.5. The van der Waals surface area contributed by atoms with Crippen LogP contribution in [0.4, 0.5) is 5.69 Å². The van der Waals surface area contributed by atoms with Crippen LogP contribution < -0.4 is 5.32 Å². The monoisotopic (exact) mass is 313 g/mol. The molecule has 2 aromatic carbocycles. The van der Waals surface area contributed by atoms with E-state index < -0.39 is 5.97 Å². The molecule has 0 spiro atoms. The van der Waals surface area contributed by atoms with Crippen molar-refractivity contribution in [3.8, 4) is 5.75 Å². The Morgan fingerprint density at radius 3 is 2.39 bits per heavy atom. The van der Waals surface area contributed by atoms with Gasteiger partial charge in [-0.25, -0.2) is 0 Å². The number of carbonyl (C=O) groups is 1. The van der Waals surface area contributed by atoms with Crippen molar-refractivity contribution >= 4 is 11.7 Å². The average molecular weight is 313 g/mol. The van der Waals surface area contributed by atoms with Crippen LogP contribution >= 0.6 is 0 Å². The number of aryl methyl sites for hydroxylation is 1. The maximum atomic E-state index is 10.4. The van der Waals surface area contributed by atoms with Crippen LogP contribution in [0.5, 0.6) is 5.75 Å². The van der Waals surface area contributed by atoms with Gasteiger partial charge in [-0.05, 0) is 43.0 Å². The van der Waals surface area contributed by atoms with E-state index in [1.807, 2.05) is 30.3 Å². The number of rotatable bonds is 9. The van der Waals surface area contributed by atoms with Crippen LogP contribution in [0.1, 0.15) is 36.8 Å². The normalized spacial score (nSPS) is 10.4. The van der Waals surface area contributed by atoms with E-state index in [2.05, 4.69) is 17.4 Å². The number of aliphatic carboxylic acids is 1. The molecule has 0 aromatic heterocycles. The summed E-state index contributed by atoms with van der Waals surface area (Å²) in [7, 11) is 0. The first-order valence-corrected chi connectivity index (χ1v) is 7.96. The number of nitrogens with one attached hydrogen (secondary N) is 1. The number of carboxylic acid groups (broad SMARTS) is 1. The maximum absolute atomic E-state index is 10.4. The highest BCUT2D eigenvalue weighted by molar-refractivity contribution is 5.66. The lowest BCUT2D eigenvalue weighted by atomic mass is 10.1. The average Bonchev–Trinajstić information content (AvgIpc) is 2.55. The molecule has 4 nitrogen and oxygen atoms in total. The Morgan fingerprint density at radius 2 is 1.70 bits per heavy atom. The third kappa shape index (κ3) is 6.02. The van der Waals surface area contributed by atoms with Crippen molar-refractivity contribution in [3.05, 3.63) is 59.7 Å². The van der Waals surface area contributed by atoms with Crippen LogP contribution in [-0.4, -0.2) is 16.2 Å². The molecule has 2 rings (SSSR count). The third-order valence-electron chi connectivity index (χ3n) is 3.78. The van der Waals surface area contributed by atoms with Crippen molar-refractivity contribution in [1.29, 1.82) is 0 Å². The summed E-state index contributed by atoms with van der Waals surface area (Å²) < 4.78 is 0. The molecule has 0 bridgehead atoms. The van der Waals surface area contributed by atoms with Gasteiger partial charge in [-0.2, -0.15) is 0 Å². The molecule has 122 valence electrons. The molecular formula is C19H23NO3. The molecular weight excluding hydrogens is 290 g/mol. The van der Waals surface area contributed by atoms with Crippen LogP contribution in [0, 0.1) is 0 Å². The Kier molecular flexibility index (Phi) is 6.48. The fourth-order valence-electron chi connectivity index (χ4n) is 2.43. The van der Waals surface area contributed by atoms with Gasteiger partial charge >= 0.3 is 5.97 Å². The van der Waals surface area contributed by atoms with Crippen LogP contribution in [0.2, 0.25) is 0 Å². The molecule has 0 radical (unpaired) electrons. The fraction of sp³-hybridized carbons (Fsp3) is 0.316. The van der Waals surface area contributed by atoms with Gasteiger partial charge < -0.3 is 15.5 Å². The van der Waals surface area contributed by atoms with Gasteiger partial charge in [0.05, 0.1) is 0 Å². The Bertz CT molecular complexity index is 623. The van der Waals surface area contributed by atoms with Crippen LogP contribution in [0.3, 0.4) is 0 Å². The summed E-state index contributed by atoms with van der Waals surface area (Å²) >= 11 is 0. The lowest BCUT2D eigenvalue weighted by Gasteiger charge is -2.09. The Hall–Kier alpha value is -2.49. The van der Waals surface area contributed by atoms with Gasteiger partial charge in [0.25, 0.3) is 0 Å². The van der Waals surface area contributed by atoms with Gasteiger partial charge in [0.15, 0.2) is 0 Å². The number of hydrogen-bond acceptors (Lipinski definition) is 3. The highest BCUT2D eigenvalue weighted by atomic mass is 16.4. The predicted octanol–water partition coefficient (Wildman–Crippen LogP) is 4.19. The molecule has 0 aliphatic rings. The van der Waals surface area contributed by atoms with E-state index in [1.54, 1.807) is 6.07 Å². The minimum atomic E-state index is -0.718. The standard InChI is InChI=1S/C19H23NO3/c21-18-8-5-4-7-16(18)14-20-17-12-10-15(11-13-17)6-2-1-3-9-19(22)23/h4-5,7-8,10-13,20-21H,1-3,6,9,14H2,(H,22,23). The number of anilines is 1. The molecule has 2 aromatic rings. The molecule has 0 atom stereocenters. The second-order valence-corrected chi connectivity index (χ2v) is 5.63. The number of unbranched alkanes of at least 4 members (excludes halogenated alkanes) is 2. The largest absolute Gasteiger partial charge is 0.508 e. The van der Waals surface area contributed by atoms with E-state index in [4.69, 9.17) is 5.11 Å². The van der Waals surface area contributed by atoms with Gasteiger partial charge in [-0.15, -0.1) is 0 Å². The van der Waals surface area contributed by atoms with E-state index in [1.165, 1.54) is 5.56 Å². The molecule has 0 unspecified atom stereocenters. The zero-order valence-corrected chi connectivity index (χ0v) is 13.2. The van der Waals surface area contributed by atoms with E-state index >= 15 is 0 Å². The summed E-state index contributed by atoms with van der Waals surface area (Å²) in [4.78, 5) is 10.4. The zero-order valence-electron chi connectivity index (χ0n) is 13.2. The fourth-order valence-corrected chi connectivity index (χ4v) is 2.43. The highest BCUT2D eigenvalue weighted by Crippen LogP contribution is 2.18. The van der Waals surface area contributed by atoms with E-state index in [0.717, 1.165) is 36.9 Å². The van der Waals surface area contributed by atoms with Gasteiger partial charge in [-0.3, -0.25) is 4.79 Å². The predicted molar refractivity (Wildman–Crippen MR) is 91.7 cm³/mol. The Labute approximate surface area is 136 Å². The smallest absolute Gasteiger partial charge is 0.303 e. The molecule has 23 heavy (non-hydrogen) atoms. The first-order chi connectivity index (χ1) is 11.1. The Balaban J connectivity index is 1.74. The minimum absolute atomic E-state index is 0.259. The topological polar surface area (TPSA) is 69.6 Å². The molecule has 0 saturated heterocycles. The molecule has 0 heterocycles. The van der Waals surface area contributed by atoms with Crippen molar-refractivity contribution in [3.63, 3.8) is 0 Å². The molecule has 0 aliphatic carbocycles. The van der Waals surface area contributed by atoms with Crippen molar-refractivity contribution in [1.82, 2.24) is 0 Å². The van der Waals surface area contributed by atoms with E-state index in [9.17, 15) is 9.90 Å². The SMILES string of the molecule is O=C(O)CCCCCc1ccc(NCc2ccccc2O)cc1. The Morgan fingerprint density at radius 1 is 0.957 bits per heavy atom. The van der Waals surface area contributed by atoms with Crippen LogP contribution in [0.25, 0.3) is 0 Å². The van der Waals surface area contributed by atoms with Gasteiger partial charge in [0, 0.05) is 24.2 Å². The van der Waals surface area contributed by atoms with Crippen molar-refractivity contribution in [2.45, 2.75) is 38.6 Å². The van der Waals surface area contributed by atoms with Gasteiger partial charge in [0.2, 0.25) is 0 Å². The van der Waals surface area contributed by atoms with Gasteiger partial charge in [-0.1, -0.05) is 36.8 Å². The molecule has 3 N–H and O–H groups in total. The number of hydrogen-bond donors (Lipinski definition) is 3. The maximum Gasteiger partial charge on any atom is 0.303 e. The molecule has 0 amide bonds. The number of benzene rings is 2. The van der Waals surface area contributed by atoms with E-state index in [0.29, 0.717) is 12.3 Å². The van der Waals surface area contributed by atoms with Gasteiger partial charge in [0.1, 0.15) is 5.75 Å². The summed E-state index contributed by atoms with van der Waals surface area (Å²) in [5, 5.41) is 21.6. The quantitative estimate of drug-likeness (QED) is 0.607. The van der Waals surface area contributed by atoms with E-state index in [-0.39, 0.29) is 6.42 Å². The molecule has 0 fully saturated rings. The summed E-state index contributed by atoms with van der Waals surface area (Å²) in [6.45, 7) is 0.585. The second-order valence-electron chi connectivity index (χ2n) is 5.63. The summed E-state index contributed by atoms with van der Waals surface area (Å²) in [6.07, 6.45) is 3.93. The third-order valence-corrected chi connectivity index (χ3v) is 3.78. The number of phenolic OH excluding ortho intramolecular Hbond substituents is 1. The molecule has 0 saturated carbocycles. The summed E-state index contributed by atoms with van der Waals surface area (Å²) in [5.74, 6) is -0.414. The van der Waals surface area contributed by atoms with Crippen LogP contribution in [0.15, 0.2) is 48.5 Å². The second kappa shape index (κ2) is 8.83. The number of phenols is 1. The number of aromatic hydroxyl groups is 1. The van der Waals surface area contributed by atoms with Crippen LogP contribution in [-0.2, 0) is 17.8 Å². The lowest BCUT2D eigenvalue weighted by molar-refractivity contribution is -0.137. The van der Waals surface area contributed by atoms with Crippen molar-refractivity contribution < 1.29 is 15.0 Å². The number of carboxylic acids is 1. The first-order valence-electron chi connectivity index (χ1n) is 7.96.